The largest absolute Gasteiger partial charge is 0.353 e. The first-order valence-corrected chi connectivity index (χ1v) is 10.8. The van der Waals surface area contributed by atoms with Crippen molar-refractivity contribution in [2.75, 3.05) is 39.4 Å². The maximum Gasteiger partial charge on any atom is 0.326 e. The van der Waals surface area contributed by atoms with Crippen molar-refractivity contribution in [2.45, 2.75) is 70.4 Å². The number of carbonyl (C=O) groups is 3. The Bertz CT molecular complexity index is 580. The highest BCUT2D eigenvalue weighted by molar-refractivity contribution is 6.07. The molecule has 2 N–H and O–H groups in total. The third kappa shape index (κ3) is 4.84. The van der Waals surface area contributed by atoms with Crippen molar-refractivity contribution in [1.29, 1.82) is 0 Å². The molecule has 4 amide bonds. The molecule has 0 aromatic heterocycles. The Balaban J connectivity index is 1.47. The molecule has 0 radical (unpaired) electrons. The lowest BCUT2D eigenvalue weighted by molar-refractivity contribution is -0.133. The van der Waals surface area contributed by atoms with Gasteiger partial charge in [-0.2, -0.15) is 0 Å². The van der Waals surface area contributed by atoms with Crippen LogP contribution in [0.15, 0.2) is 0 Å². The zero-order chi connectivity index (χ0) is 20.1. The summed E-state index contributed by atoms with van der Waals surface area (Å²) in [6, 6.07) is -0.0490. The third-order valence-electron chi connectivity index (χ3n) is 6.40. The fourth-order valence-electron chi connectivity index (χ4n) is 4.39. The van der Waals surface area contributed by atoms with Crippen LogP contribution in [0.3, 0.4) is 0 Å². The average Bonchev–Trinajstić information content (AvgIpc) is 2.84. The van der Waals surface area contributed by atoms with Crippen LogP contribution < -0.4 is 10.6 Å². The van der Waals surface area contributed by atoms with Gasteiger partial charge in [-0.15, -0.1) is 0 Å². The SMILES string of the molecule is CC[C@H](C)NC(=O)CN1CCN(CN2C(=O)NC3(CCCCCC3)C2=O)CC1. The maximum atomic E-state index is 13.0. The van der Waals surface area contributed by atoms with Gasteiger partial charge in [-0.1, -0.05) is 32.6 Å². The van der Waals surface area contributed by atoms with E-state index in [9.17, 15) is 14.4 Å². The number of imide groups is 1. The number of piperazine rings is 1. The molecule has 2 aliphatic heterocycles. The fraction of sp³-hybridized carbons (Fsp3) is 0.850. The highest BCUT2D eigenvalue weighted by Gasteiger charge is 2.51. The van der Waals surface area contributed by atoms with E-state index in [4.69, 9.17) is 0 Å². The Morgan fingerprint density at radius 2 is 1.68 bits per heavy atom. The second kappa shape index (κ2) is 9.22. The highest BCUT2D eigenvalue weighted by atomic mass is 16.2. The van der Waals surface area contributed by atoms with Crippen LogP contribution in [-0.2, 0) is 9.59 Å². The number of rotatable bonds is 6. The molecule has 8 nitrogen and oxygen atoms in total. The zero-order valence-corrected chi connectivity index (χ0v) is 17.3. The Kier molecular flexibility index (Phi) is 6.93. The topological polar surface area (TPSA) is 85.0 Å². The first-order valence-electron chi connectivity index (χ1n) is 10.8. The van der Waals surface area contributed by atoms with Gasteiger partial charge in [-0.05, 0) is 26.2 Å². The molecule has 3 fully saturated rings. The molecule has 158 valence electrons. The summed E-state index contributed by atoms with van der Waals surface area (Å²) in [6.07, 6.45) is 6.71. The van der Waals surface area contributed by atoms with Crippen LogP contribution in [0.1, 0.15) is 58.8 Å². The molecule has 1 saturated carbocycles. The lowest BCUT2D eigenvalue weighted by atomic mass is 9.90. The molecule has 28 heavy (non-hydrogen) atoms. The Morgan fingerprint density at radius 1 is 1.07 bits per heavy atom. The monoisotopic (exact) mass is 393 g/mol. The van der Waals surface area contributed by atoms with Gasteiger partial charge in [0.15, 0.2) is 0 Å². The van der Waals surface area contributed by atoms with E-state index in [0.29, 0.717) is 13.2 Å². The van der Waals surface area contributed by atoms with Crippen molar-refractivity contribution >= 4 is 17.8 Å². The van der Waals surface area contributed by atoms with Gasteiger partial charge in [0.2, 0.25) is 5.91 Å². The molecular weight excluding hydrogens is 358 g/mol. The number of hydrogen-bond donors (Lipinski definition) is 2. The van der Waals surface area contributed by atoms with Crippen molar-refractivity contribution in [3.05, 3.63) is 0 Å². The Morgan fingerprint density at radius 3 is 2.29 bits per heavy atom. The van der Waals surface area contributed by atoms with Crippen LogP contribution in [-0.4, -0.2) is 83.5 Å². The summed E-state index contributed by atoms with van der Waals surface area (Å²) in [5.41, 5.74) is -0.663. The minimum Gasteiger partial charge on any atom is -0.353 e. The number of urea groups is 1. The summed E-state index contributed by atoms with van der Waals surface area (Å²) in [6.45, 7) is 7.85. The van der Waals surface area contributed by atoms with E-state index in [2.05, 4.69) is 27.4 Å². The number of amides is 4. The van der Waals surface area contributed by atoms with Crippen molar-refractivity contribution in [3.8, 4) is 0 Å². The van der Waals surface area contributed by atoms with Crippen molar-refractivity contribution in [2.24, 2.45) is 0 Å². The van der Waals surface area contributed by atoms with Crippen molar-refractivity contribution in [1.82, 2.24) is 25.3 Å². The first kappa shape index (κ1) is 21.0. The normalized spacial score (nSPS) is 24.9. The van der Waals surface area contributed by atoms with E-state index in [1.807, 2.05) is 6.92 Å². The number of nitrogens with zero attached hydrogens (tertiary/aromatic N) is 3. The molecule has 1 spiro atoms. The minimum atomic E-state index is -0.663. The van der Waals surface area contributed by atoms with E-state index in [0.717, 1.165) is 71.1 Å². The van der Waals surface area contributed by atoms with E-state index in [1.54, 1.807) is 0 Å². The second-order valence-electron chi connectivity index (χ2n) is 8.57. The Hall–Kier alpha value is -1.67. The van der Waals surface area contributed by atoms with Gasteiger partial charge in [-0.3, -0.25) is 19.4 Å². The van der Waals surface area contributed by atoms with E-state index in [1.165, 1.54) is 4.90 Å². The summed E-state index contributed by atoms with van der Waals surface area (Å²) < 4.78 is 0. The minimum absolute atomic E-state index is 0.0465. The molecule has 0 aromatic carbocycles. The molecule has 1 atom stereocenters. The standard InChI is InChI=1S/C20H35N5O3/c1-3-16(2)21-17(26)14-23-10-12-24(13-11-23)15-25-18(27)20(22-19(25)28)8-6-4-5-7-9-20/h16H,3-15H2,1-2H3,(H,21,26)(H,22,28)/t16-/m0/s1. The molecule has 3 rings (SSSR count). The van der Waals surface area contributed by atoms with Gasteiger partial charge in [0.05, 0.1) is 13.2 Å². The second-order valence-corrected chi connectivity index (χ2v) is 8.57. The predicted octanol–water partition coefficient (Wildman–Crippen LogP) is 1.12. The summed E-state index contributed by atoms with van der Waals surface area (Å²) >= 11 is 0. The Labute approximate surface area is 168 Å². The van der Waals surface area contributed by atoms with Gasteiger partial charge in [0.1, 0.15) is 5.54 Å². The number of hydrogen-bond acceptors (Lipinski definition) is 5. The van der Waals surface area contributed by atoms with Gasteiger partial charge < -0.3 is 10.6 Å². The summed E-state index contributed by atoms with van der Waals surface area (Å²) in [5.74, 6) is 0.0157. The van der Waals surface area contributed by atoms with Gasteiger partial charge in [0, 0.05) is 32.2 Å². The average molecular weight is 394 g/mol. The molecule has 8 heteroatoms. The predicted molar refractivity (Wildman–Crippen MR) is 107 cm³/mol. The highest BCUT2D eigenvalue weighted by Crippen LogP contribution is 2.32. The number of carbonyl (C=O) groups excluding carboxylic acids is 3. The molecule has 3 aliphatic rings. The molecule has 0 aromatic rings. The van der Waals surface area contributed by atoms with E-state index < -0.39 is 5.54 Å². The van der Waals surface area contributed by atoms with Crippen LogP contribution in [0.25, 0.3) is 0 Å². The quantitative estimate of drug-likeness (QED) is 0.661. The first-order chi connectivity index (χ1) is 13.4. The van der Waals surface area contributed by atoms with E-state index >= 15 is 0 Å². The number of nitrogens with one attached hydrogen (secondary N) is 2. The van der Waals surface area contributed by atoms with Crippen LogP contribution in [0, 0.1) is 0 Å². The zero-order valence-electron chi connectivity index (χ0n) is 17.3. The summed E-state index contributed by atoms with van der Waals surface area (Å²) in [7, 11) is 0. The summed E-state index contributed by atoms with van der Waals surface area (Å²) in [4.78, 5) is 43.2. The lowest BCUT2D eigenvalue weighted by Gasteiger charge is -2.36. The smallest absolute Gasteiger partial charge is 0.326 e. The van der Waals surface area contributed by atoms with Crippen molar-refractivity contribution < 1.29 is 14.4 Å². The summed E-state index contributed by atoms with van der Waals surface area (Å²) in [5, 5.41) is 6.00. The molecule has 2 saturated heterocycles. The van der Waals surface area contributed by atoms with Crippen LogP contribution in [0.2, 0.25) is 0 Å². The molecular formula is C20H35N5O3. The van der Waals surface area contributed by atoms with Crippen molar-refractivity contribution in [3.63, 3.8) is 0 Å². The van der Waals surface area contributed by atoms with Crippen LogP contribution in [0.5, 0.6) is 0 Å². The molecule has 0 unspecified atom stereocenters. The lowest BCUT2D eigenvalue weighted by Crippen LogP contribution is -2.53. The fourth-order valence-corrected chi connectivity index (χ4v) is 4.39. The molecule has 1 aliphatic carbocycles. The van der Waals surface area contributed by atoms with Crippen LogP contribution >= 0.6 is 0 Å². The van der Waals surface area contributed by atoms with Gasteiger partial charge in [-0.25, -0.2) is 9.69 Å². The van der Waals surface area contributed by atoms with E-state index in [-0.39, 0.29) is 23.9 Å². The van der Waals surface area contributed by atoms with Gasteiger partial charge in [0.25, 0.3) is 5.91 Å². The third-order valence-corrected chi connectivity index (χ3v) is 6.40. The maximum absolute atomic E-state index is 13.0. The van der Waals surface area contributed by atoms with Gasteiger partial charge >= 0.3 is 6.03 Å². The molecule has 0 bridgehead atoms. The van der Waals surface area contributed by atoms with Crippen LogP contribution in [0.4, 0.5) is 4.79 Å². The molecule has 2 heterocycles.